The summed E-state index contributed by atoms with van der Waals surface area (Å²) >= 11 is 0. The lowest BCUT2D eigenvalue weighted by atomic mass is 9.85. The highest BCUT2D eigenvalue weighted by atomic mass is 19.4. The standard InChI is InChI=1S/C9H8F7NO3/c1-6(4(5(18)19-2)17-3-20-6)7(10,11)8(12,13)9(14,15)16/h3-4H,1-2H3/t4-,6+/m0/s1. The third-order valence-corrected chi connectivity index (χ3v) is 2.83. The zero-order chi connectivity index (χ0) is 16.0. The van der Waals surface area contributed by atoms with Crippen LogP contribution >= 0.6 is 0 Å². The van der Waals surface area contributed by atoms with Crippen LogP contribution < -0.4 is 0 Å². The van der Waals surface area contributed by atoms with Gasteiger partial charge >= 0.3 is 24.0 Å². The number of carbonyl (C=O) groups is 1. The first kappa shape index (κ1) is 16.5. The lowest BCUT2D eigenvalue weighted by molar-refractivity contribution is -0.383. The first-order valence-corrected chi connectivity index (χ1v) is 4.92. The fourth-order valence-electron chi connectivity index (χ4n) is 1.54. The van der Waals surface area contributed by atoms with Crippen LogP contribution in [0.3, 0.4) is 0 Å². The van der Waals surface area contributed by atoms with Crippen LogP contribution in [0.2, 0.25) is 0 Å². The van der Waals surface area contributed by atoms with Crippen LogP contribution in [0.4, 0.5) is 30.7 Å². The number of rotatable bonds is 3. The minimum Gasteiger partial charge on any atom is -0.468 e. The van der Waals surface area contributed by atoms with Crippen molar-refractivity contribution in [1.82, 2.24) is 0 Å². The summed E-state index contributed by atoms with van der Waals surface area (Å²) < 4.78 is 97.8. The molecule has 1 heterocycles. The normalized spacial score (nSPS) is 27.4. The van der Waals surface area contributed by atoms with Gasteiger partial charge in [0.2, 0.25) is 5.60 Å². The SMILES string of the molecule is COC(=O)[C@@H]1N=CO[C@@]1(C)C(F)(F)C(F)(F)C(F)(F)F. The van der Waals surface area contributed by atoms with Crippen LogP contribution in [0.15, 0.2) is 4.99 Å². The van der Waals surface area contributed by atoms with Gasteiger partial charge in [-0.1, -0.05) is 0 Å². The number of hydrogen-bond donors (Lipinski definition) is 0. The molecule has 0 fully saturated rings. The summed E-state index contributed by atoms with van der Waals surface area (Å²) in [5, 5.41) is 0. The van der Waals surface area contributed by atoms with Crippen LogP contribution in [0.25, 0.3) is 0 Å². The van der Waals surface area contributed by atoms with Crippen LogP contribution in [0, 0.1) is 0 Å². The molecule has 1 rings (SSSR count). The first-order valence-electron chi connectivity index (χ1n) is 4.92. The summed E-state index contributed by atoms with van der Waals surface area (Å²) in [7, 11) is 0.733. The lowest BCUT2D eigenvalue weighted by Crippen LogP contribution is -2.67. The molecule has 0 aromatic heterocycles. The van der Waals surface area contributed by atoms with E-state index in [-0.39, 0.29) is 13.3 Å². The van der Waals surface area contributed by atoms with E-state index in [2.05, 4.69) is 14.5 Å². The molecule has 116 valence electrons. The maximum atomic E-state index is 13.7. The Bertz CT molecular complexity index is 434. The smallest absolute Gasteiger partial charge is 0.460 e. The van der Waals surface area contributed by atoms with E-state index in [9.17, 15) is 35.5 Å². The van der Waals surface area contributed by atoms with Crippen molar-refractivity contribution >= 4 is 12.4 Å². The third kappa shape index (κ3) is 1.99. The number of alkyl halides is 7. The third-order valence-electron chi connectivity index (χ3n) is 2.83. The van der Waals surface area contributed by atoms with Crippen molar-refractivity contribution in [2.45, 2.75) is 36.6 Å². The van der Waals surface area contributed by atoms with Crippen molar-refractivity contribution in [1.29, 1.82) is 0 Å². The van der Waals surface area contributed by atoms with Gasteiger partial charge in [-0.05, 0) is 6.92 Å². The number of carbonyl (C=O) groups excluding carboxylic acids is 1. The molecular weight excluding hydrogens is 303 g/mol. The van der Waals surface area contributed by atoms with Gasteiger partial charge in [-0.25, -0.2) is 9.79 Å². The second-order valence-electron chi connectivity index (χ2n) is 4.05. The maximum Gasteiger partial charge on any atom is 0.460 e. The van der Waals surface area contributed by atoms with Crippen LogP contribution in [0.5, 0.6) is 0 Å². The molecule has 0 unspecified atom stereocenters. The second kappa shape index (κ2) is 4.48. The summed E-state index contributed by atoms with van der Waals surface area (Å²) in [6.07, 6.45) is -6.33. The molecule has 1 aliphatic heterocycles. The number of esters is 1. The van der Waals surface area contributed by atoms with Gasteiger partial charge in [-0.2, -0.15) is 30.7 Å². The van der Waals surface area contributed by atoms with Crippen molar-refractivity contribution in [3.63, 3.8) is 0 Å². The summed E-state index contributed by atoms with van der Waals surface area (Å²) in [5.74, 6) is -13.7. The average molecular weight is 311 g/mol. The maximum absolute atomic E-state index is 13.7. The van der Waals surface area contributed by atoms with Crippen molar-refractivity contribution in [3.8, 4) is 0 Å². The molecule has 0 spiro atoms. The average Bonchev–Trinajstić information content (AvgIpc) is 2.70. The van der Waals surface area contributed by atoms with Gasteiger partial charge in [0.1, 0.15) is 0 Å². The Balaban J connectivity index is 3.30. The van der Waals surface area contributed by atoms with Crippen LogP contribution in [-0.2, 0) is 14.3 Å². The van der Waals surface area contributed by atoms with E-state index < -0.39 is 35.6 Å². The molecule has 0 amide bonds. The molecule has 0 radical (unpaired) electrons. The molecule has 0 N–H and O–H groups in total. The van der Waals surface area contributed by atoms with E-state index in [4.69, 9.17) is 0 Å². The molecule has 0 bridgehead atoms. The summed E-state index contributed by atoms with van der Waals surface area (Å²) in [6, 6.07) is -2.35. The van der Waals surface area contributed by atoms with Crippen molar-refractivity contribution in [2.75, 3.05) is 7.11 Å². The minimum atomic E-state index is -6.54. The van der Waals surface area contributed by atoms with Gasteiger partial charge in [0.25, 0.3) is 0 Å². The topological polar surface area (TPSA) is 47.9 Å². The quantitative estimate of drug-likeness (QED) is 0.593. The molecular formula is C9H8F7NO3. The largest absolute Gasteiger partial charge is 0.468 e. The highest BCUT2D eigenvalue weighted by molar-refractivity contribution is 5.81. The predicted octanol–water partition coefficient (Wildman–Crippen LogP) is 2.18. The highest BCUT2D eigenvalue weighted by Crippen LogP contribution is 2.54. The van der Waals surface area contributed by atoms with Gasteiger partial charge in [0.05, 0.1) is 7.11 Å². The number of aliphatic imine (C=N–C) groups is 1. The molecule has 0 saturated heterocycles. The number of ether oxygens (including phenoxy) is 2. The molecule has 20 heavy (non-hydrogen) atoms. The molecule has 2 atom stereocenters. The highest BCUT2D eigenvalue weighted by Gasteiger charge is 2.82. The van der Waals surface area contributed by atoms with E-state index in [1.54, 1.807) is 0 Å². The van der Waals surface area contributed by atoms with Gasteiger partial charge in [0.15, 0.2) is 12.4 Å². The van der Waals surface area contributed by atoms with Crippen LogP contribution in [-0.4, -0.2) is 49.1 Å². The Hall–Kier alpha value is -1.55. The minimum absolute atomic E-state index is 0.210. The fourth-order valence-corrected chi connectivity index (χ4v) is 1.54. The van der Waals surface area contributed by atoms with E-state index in [0.29, 0.717) is 0 Å². The lowest BCUT2D eigenvalue weighted by Gasteiger charge is -2.39. The Morgan fingerprint density at radius 1 is 1.25 bits per heavy atom. The van der Waals surface area contributed by atoms with E-state index in [1.807, 2.05) is 0 Å². The zero-order valence-corrected chi connectivity index (χ0v) is 9.97. The number of methoxy groups -OCH3 is 1. The fraction of sp³-hybridized carbons (Fsp3) is 0.778. The summed E-state index contributed by atoms with van der Waals surface area (Å²) in [4.78, 5) is 14.2. The molecule has 11 heteroatoms. The first-order chi connectivity index (χ1) is 8.83. The number of nitrogens with zero attached hydrogens (tertiary/aromatic N) is 1. The molecule has 0 aromatic carbocycles. The Kier molecular flexibility index (Phi) is 3.70. The van der Waals surface area contributed by atoms with E-state index in [1.165, 1.54) is 0 Å². The monoisotopic (exact) mass is 311 g/mol. The molecule has 4 nitrogen and oxygen atoms in total. The Labute approximate surface area is 107 Å². The van der Waals surface area contributed by atoms with Crippen LogP contribution in [0.1, 0.15) is 6.92 Å². The summed E-state index contributed by atoms with van der Waals surface area (Å²) in [6.45, 7) is 0.223. The van der Waals surface area contributed by atoms with Gasteiger partial charge in [-0.3, -0.25) is 0 Å². The summed E-state index contributed by atoms with van der Waals surface area (Å²) in [5.41, 5.74) is -3.53. The molecule has 0 aromatic rings. The van der Waals surface area contributed by atoms with Crippen molar-refractivity contribution in [2.24, 2.45) is 4.99 Å². The van der Waals surface area contributed by atoms with Crippen molar-refractivity contribution in [3.05, 3.63) is 0 Å². The van der Waals surface area contributed by atoms with E-state index >= 15 is 0 Å². The number of hydrogen-bond acceptors (Lipinski definition) is 4. The van der Waals surface area contributed by atoms with Crippen molar-refractivity contribution < 1.29 is 45.0 Å². The molecule has 0 aliphatic carbocycles. The molecule has 0 saturated carbocycles. The molecule has 1 aliphatic rings. The predicted molar refractivity (Wildman–Crippen MR) is 49.7 cm³/mol. The Morgan fingerprint density at radius 3 is 2.15 bits per heavy atom. The van der Waals surface area contributed by atoms with Gasteiger partial charge in [-0.15, -0.1) is 0 Å². The van der Waals surface area contributed by atoms with Gasteiger partial charge in [0, 0.05) is 0 Å². The number of halogens is 7. The Morgan fingerprint density at radius 2 is 1.75 bits per heavy atom. The van der Waals surface area contributed by atoms with Gasteiger partial charge < -0.3 is 9.47 Å². The zero-order valence-electron chi connectivity index (χ0n) is 9.97. The van der Waals surface area contributed by atoms with E-state index in [0.717, 1.165) is 7.11 Å². The second-order valence-corrected chi connectivity index (χ2v) is 4.05.